The van der Waals surface area contributed by atoms with Gasteiger partial charge in [0.1, 0.15) is 0 Å². The number of hydrogen-bond donors (Lipinski definition) is 0. The van der Waals surface area contributed by atoms with Gasteiger partial charge in [0, 0.05) is 26.2 Å². The average Bonchev–Trinajstić information content (AvgIpc) is 3.01. The second-order valence-electron chi connectivity index (χ2n) is 5.31. The zero-order valence-electron chi connectivity index (χ0n) is 12.4. The molecule has 3 rings (SSSR count). The van der Waals surface area contributed by atoms with E-state index in [9.17, 15) is 0 Å². The van der Waals surface area contributed by atoms with Gasteiger partial charge >= 0.3 is 0 Å². The Morgan fingerprint density at radius 3 is 2.57 bits per heavy atom. The molecule has 0 saturated carbocycles. The minimum Gasteiger partial charge on any atom is -0.474 e. The molecule has 1 saturated heterocycles. The molecule has 21 heavy (non-hydrogen) atoms. The van der Waals surface area contributed by atoms with Gasteiger partial charge in [0.25, 0.3) is 0 Å². The summed E-state index contributed by atoms with van der Waals surface area (Å²) in [6, 6.07) is 4.28. The fourth-order valence-electron chi connectivity index (χ4n) is 2.39. The highest BCUT2D eigenvalue weighted by atomic mass is 32.1. The highest BCUT2D eigenvalue weighted by Gasteiger charge is 2.19. The van der Waals surface area contributed by atoms with Crippen molar-refractivity contribution in [1.82, 2.24) is 9.97 Å². The molecular formula is C15H20N4OS. The Morgan fingerprint density at radius 2 is 1.90 bits per heavy atom. The third-order valence-electron chi connectivity index (χ3n) is 3.38. The molecule has 0 aliphatic carbocycles. The van der Waals surface area contributed by atoms with E-state index in [1.54, 1.807) is 17.5 Å². The van der Waals surface area contributed by atoms with Gasteiger partial charge in [0.05, 0.1) is 23.5 Å². The Balaban J connectivity index is 1.64. The van der Waals surface area contributed by atoms with Crippen LogP contribution in [0.2, 0.25) is 0 Å². The highest BCUT2D eigenvalue weighted by Crippen LogP contribution is 2.24. The van der Waals surface area contributed by atoms with Crippen LogP contribution < -0.4 is 14.5 Å². The molecule has 0 spiro atoms. The van der Waals surface area contributed by atoms with Crippen molar-refractivity contribution in [3.63, 3.8) is 0 Å². The molecule has 0 unspecified atom stereocenters. The van der Waals surface area contributed by atoms with Crippen molar-refractivity contribution in [2.24, 2.45) is 0 Å². The Labute approximate surface area is 129 Å². The summed E-state index contributed by atoms with van der Waals surface area (Å²) in [5, 5.41) is 3.47. The summed E-state index contributed by atoms with van der Waals surface area (Å²) in [7, 11) is 0. The smallest absolute Gasteiger partial charge is 0.234 e. The molecule has 0 atom stereocenters. The second-order valence-corrected chi connectivity index (χ2v) is 6.23. The fraction of sp³-hybridized carbons (Fsp3) is 0.467. The molecule has 0 aromatic carbocycles. The lowest BCUT2D eigenvalue weighted by Gasteiger charge is -2.35. The number of aromatic nitrogens is 2. The Hall–Kier alpha value is -1.82. The van der Waals surface area contributed by atoms with Crippen molar-refractivity contribution in [2.45, 2.75) is 20.0 Å². The van der Waals surface area contributed by atoms with Gasteiger partial charge in [-0.2, -0.15) is 4.98 Å². The van der Waals surface area contributed by atoms with Crippen molar-refractivity contribution in [2.75, 3.05) is 36.0 Å². The van der Waals surface area contributed by atoms with Gasteiger partial charge < -0.3 is 14.5 Å². The zero-order chi connectivity index (χ0) is 14.7. The van der Waals surface area contributed by atoms with E-state index in [1.807, 2.05) is 20.0 Å². The van der Waals surface area contributed by atoms with Crippen LogP contribution in [0, 0.1) is 0 Å². The summed E-state index contributed by atoms with van der Waals surface area (Å²) in [4.78, 5) is 13.5. The quantitative estimate of drug-likeness (QED) is 0.868. The van der Waals surface area contributed by atoms with Crippen molar-refractivity contribution in [3.05, 3.63) is 29.9 Å². The SMILES string of the molecule is CC(C)Oc1cncc(N2CCN(c3cccs3)CC2)n1. The monoisotopic (exact) mass is 304 g/mol. The van der Waals surface area contributed by atoms with Crippen LogP contribution in [-0.4, -0.2) is 42.3 Å². The first kappa shape index (κ1) is 14.1. The summed E-state index contributed by atoms with van der Waals surface area (Å²) < 4.78 is 5.62. The number of nitrogens with zero attached hydrogens (tertiary/aromatic N) is 4. The predicted molar refractivity (Wildman–Crippen MR) is 86.5 cm³/mol. The fourth-order valence-corrected chi connectivity index (χ4v) is 3.18. The van der Waals surface area contributed by atoms with Crippen LogP contribution in [0.25, 0.3) is 0 Å². The Bertz CT molecular complexity index is 565. The maximum absolute atomic E-state index is 5.62. The van der Waals surface area contributed by atoms with Crippen molar-refractivity contribution in [3.8, 4) is 5.88 Å². The van der Waals surface area contributed by atoms with Crippen LogP contribution in [0.3, 0.4) is 0 Å². The van der Waals surface area contributed by atoms with Crippen molar-refractivity contribution >= 4 is 22.2 Å². The summed E-state index contributed by atoms with van der Waals surface area (Å²) in [5.74, 6) is 1.50. The summed E-state index contributed by atoms with van der Waals surface area (Å²) in [5.41, 5.74) is 0. The van der Waals surface area contributed by atoms with Gasteiger partial charge in [0.2, 0.25) is 5.88 Å². The van der Waals surface area contributed by atoms with Gasteiger partial charge in [-0.3, -0.25) is 4.98 Å². The molecule has 0 N–H and O–H groups in total. The number of rotatable bonds is 4. The first-order chi connectivity index (χ1) is 10.2. The molecule has 0 radical (unpaired) electrons. The first-order valence-electron chi connectivity index (χ1n) is 7.24. The van der Waals surface area contributed by atoms with Crippen LogP contribution in [-0.2, 0) is 0 Å². The molecular weight excluding hydrogens is 284 g/mol. The largest absolute Gasteiger partial charge is 0.474 e. The van der Waals surface area contributed by atoms with E-state index in [0.29, 0.717) is 5.88 Å². The van der Waals surface area contributed by atoms with E-state index in [4.69, 9.17) is 4.74 Å². The van der Waals surface area contributed by atoms with E-state index in [0.717, 1.165) is 32.0 Å². The molecule has 1 fully saturated rings. The standard InChI is InChI=1S/C15H20N4OS/c1-12(2)20-14-11-16-10-13(17-14)18-5-7-19(8-6-18)15-4-3-9-21-15/h3-4,9-12H,5-8H2,1-2H3. The molecule has 6 heteroatoms. The molecule has 1 aliphatic rings. The molecule has 3 heterocycles. The second kappa shape index (κ2) is 6.30. The number of ether oxygens (including phenoxy) is 1. The molecule has 0 amide bonds. The lowest BCUT2D eigenvalue weighted by atomic mass is 10.3. The highest BCUT2D eigenvalue weighted by molar-refractivity contribution is 7.14. The van der Waals surface area contributed by atoms with Gasteiger partial charge in [-0.25, -0.2) is 0 Å². The maximum Gasteiger partial charge on any atom is 0.234 e. The average molecular weight is 304 g/mol. The van der Waals surface area contributed by atoms with Gasteiger partial charge in [-0.1, -0.05) is 0 Å². The van der Waals surface area contributed by atoms with Gasteiger partial charge in [0.15, 0.2) is 5.82 Å². The third kappa shape index (κ3) is 3.44. The molecule has 2 aromatic rings. The number of anilines is 2. The van der Waals surface area contributed by atoms with E-state index in [2.05, 4.69) is 37.3 Å². The minimum atomic E-state index is 0.116. The Kier molecular flexibility index (Phi) is 4.24. The molecule has 112 valence electrons. The first-order valence-corrected chi connectivity index (χ1v) is 8.12. The summed E-state index contributed by atoms with van der Waals surface area (Å²) in [6.07, 6.45) is 3.60. The minimum absolute atomic E-state index is 0.116. The topological polar surface area (TPSA) is 41.5 Å². The van der Waals surface area contributed by atoms with Crippen molar-refractivity contribution in [1.29, 1.82) is 0 Å². The van der Waals surface area contributed by atoms with Crippen LogP contribution >= 0.6 is 11.3 Å². The summed E-state index contributed by atoms with van der Waals surface area (Å²) >= 11 is 1.80. The Morgan fingerprint density at radius 1 is 1.14 bits per heavy atom. The van der Waals surface area contributed by atoms with E-state index in [-0.39, 0.29) is 6.10 Å². The van der Waals surface area contributed by atoms with E-state index in [1.165, 1.54) is 5.00 Å². The lowest BCUT2D eigenvalue weighted by molar-refractivity contribution is 0.231. The summed E-state index contributed by atoms with van der Waals surface area (Å²) in [6.45, 7) is 7.92. The third-order valence-corrected chi connectivity index (χ3v) is 4.31. The molecule has 5 nitrogen and oxygen atoms in total. The van der Waals surface area contributed by atoms with Crippen molar-refractivity contribution < 1.29 is 4.74 Å². The van der Waals surface area contributed by atoms with E-state index < -0.39 is 0 Å². The van der Waals surface area contributed by atoms with Crippen LogP contribution in [0.15, 0.2) is 29.9 Å². The lowest BCUT2D eigenvalue weighted by Crippen LogP contribution is -2.46. The van der Waals surface area contributed by atoms with E-state index >= 15 is 0 Å². The normalized spacial score (nSPS) is 15.6. The molecule has 0 bridgehead atoms. The molecule has 2 aromatic heterocycles. The van der Waals surface area contributed by atoms with Crippen LogP contribution in [0.4, 0.5) is 10.8 Å². The predicted octanol–water partition coefficient (Wildman–Crippen LogP) is 2.65. The number of hydrogen-bond acceptors (Lipinski definition) is 6. The number of thiophene rings is 1. The number of piperazine rings is 1. The molecule has 1 aliphatic heterocycles. The van der Waals surface area contributed by atoms with Gasteiger partial charge in [-0.05, 0) is 31.4 Å². The van der Waals surface area contributed by atoms with Crippen LogP contribution in [0.5, 0.6) is 5.88 Å². The van der Waals surface area contributed by atoms with Crippen LogP contribution in [0.1, 0.15) is 13.8 Å². The maximum atomic E-state index is 5.62. The van der Waals surface area contributed by atoms with Gasteiger partial charge in [-0.15, -0.1) is 11.3 Å². The zero-order valence-corrected chi connectivity index (χ0v) is 13.2.